The Morgan fingerprint density at radius 2 is 0.222 bits per heavy atom. The molecule has 18 nitrogen and oxygen atoms in total. The third kappa shape index (κ3) is 545. The maximum absolute atomic E-state index is 8.57. The van der Waals surface area contributed by atoms with Crippen molar-refractivity contribution in [2.45, 2.75) is 0 Å². The first-order chi connectivity index (χ1) is 10.4. The first-order valence-electron chi connectivity index (χ1n) is 2.78. The van der Waals surface area contributed by atoms with Crippen LogP contribution in [-0.4, -0.2) is 0 Å². The summed E-state index contributed by atoms with van der Waals surface area (Å²) in [6.45, 7) is 0. The zero-order valence-electron chi connectivity index (χ0n) is 12.1. The van der Waals surface area contributed by atoms with E-state index in [0.29, 0.717) is 0 Å². The second kappa shape index (κ2) is 54.8. The van der Waals surface area contributed by atoms with E-state index in [2.05, 4.69) is 0 Å². The third-order valence-electron chi connectivity index (χ3n) is 0. The predicted octanol–water partition coefficient (Wildman–Crippen LogP) is -45.4. The summed E-state index contributed by atoms with van der Waals surface area (Å²) in [5.41, 5.74) is 0. The molecular formula is I6O18Rb2Ti. The maximum Gasteiger partial charge on any atom is 4.00 e. The maximum atomic E-state index is 8.57. The molecule has 0 aliphatic rings. The Labute approximate surface area is 316 Å². The smallest absolute Gasteiger partial charge is 0.427 e. The van der Waals surface area contributed by atoms with Crippen LogP contribution in [0.3, 0.4) is 0 Å². The fourth-order valence-electron chi connectivity index (χ4n) is 0. The molecule has 0 atom stereocenters. The van der Waals surface area contributed by atoms with E-state index in [9.17, 15) is 0 Å². The number of halogens is 6. The molecule has 0 saturated heterocycles. The summed E-state index contributed by atoms with van der Waals surface area (Å²) in [6, 6.07) is 0. The Morgan fingerprint density at radius 3 is 0.222 bits per heavy atom. The van der Waals surface area contributed by atoms with E-state index in [1.807, 2.05) is 0 Å². The molecule has 27 heteroatoms. The summed E-state index contributed by atoms with van der Waals surface area (Å²) in [5.74, 6) is 0. The largest absolute Gasteiger partial charge is 4.00 e. The van der Waals surface area contributed by atoms with Crippen molar-refractivity contribution in [3.8, 4) is 0 Å². The predicted molar refractivity (Wildman–Crippen MR) is 0 cm³/mol. The molecule has 0 rings (SSSR count). The van der Waals surface area contributed by atoms with Crippen molar-refractivity contribution in [3.63, 3.8) is 0 Å². The van der Waals surface area contributed by atoms with Crippen molar-refractivity contribution in [3.05, 3.63) is 0 Å². The molecule has 0 amide bonds. The molecule has 0 N–H and O–H groups in total. The van der Waals surface area contributed by atoms with Gasteiger partial charge in [0.25, 0.3) is 126 Å². The fraction of sp³-hybridized carbons (Fsp3) is 0. The minimum absolute atomic E-state index is 0. The Bertz CT molecular complexity index is 111. The van der Waals surface area contributed by atoms with Crippen molar-refractivity contribution >= 4 is 0 Å². The van der Waals surface area contributed by atoms with E-state index in [-0.39, 0.29) is 138 Å². The van der Waals surface area contributed by atoms with Crippen LogP contribution in [0.2, 0.25) is 0 Å². The van der Waals surface area contributed by atoms with Crippen LogP contribution in [0.25, 0.3) is 0 Å². The summed E-state index contributed by atoms with van der Waals surface area (Å²) >= 11 is -24.1. The van der Waals surface area contributed by atoms with Crippen LogP contribution >= 0.6 is 0 Å². The van der Waals surface area contributed by atoms with E-state index in [0.717, 1.165) is 0 Å². The van der Waals surface area contributed by atoms with Crippen LogP contribution in [0.15, 0.2) is 0 Å². The standard InChI is InChI=1S/6IO3.2Rb.Ti/c6*2-1(3)4;;;/q6*-1;2*+1;+4. The van der Waals surface area contributed by atoms with E-state index in [1.54, 1.807) is 0 Å². The van der Waals surface area contributed by atoms with Crippen LogP contribution < -0.4 is 305 Å². The Hall–Kier alpha value is 7.98. The summed E-state index contributed by atoms with van der Waals surface area (Å²) in [6.07, 6.45) is 0. The second-order valence-electron chi connectivity index (χ2n) is 1.13. The minimum atomic E-state index is -4.01. The van der Waals surface area contributed by atoms with Gasteiger partial charge in [0.2, 0.25) is 0 Å². The molecule has 27 heavy (non-hydrogen) atoms. The molecule has 0 bridgehead atoms. The Kier molecular flexibility index (Phi) is 121. The van der Waals surface area contributed by atoms with Gasteiger partial charge in [-0.25, -0.2) is 0 Å². The van der Waals surface area contributed by atoms with Gasteiger partial charge < -0.3 is 61.8 Å². The summed E-state index contributed by atoms with van der Waals surface area (Å²) in [7, 11) is 0. The molecule has 0 aromatic carbocycles. The molecule has 0 radical (unpaired) electrons. The van der Waals surface area contributed by atoms with Crippen LogP contribution in [-0.2, 0) is 21.7 Å². The van der Waals surface area contributed by atoms with Crippen LogP contribution in [0, 0.1) is 0 Å². The van der Waals surface area contributed by atoms with E-state index in [1.165, 1.54) is 0 Å². The summed E-state index contributed by atoms with van der Waals surface area (Å²) < 4.78 is 154. The molecule has 0 aliphatic carbocycles. The topological polar surface area (TPSA) is 415 Å². The number of rotatable bonds is 0. The zero-order valence-corrected chi connectivity index (χ0v) is 36.5. The van der Waals surface area contributed by atoms with E-state index in [4.69, 9.17) is 61.8 Å². The molecule has 0 fully saturated rings. The summed E-state index contributed by atoms with van der Waals surface area (Å²) in [5, 5.41) is 0. The molecule has 0 spiro atoms. The first kappa shape index (κ1) is 59.8. The van der Waals surface area contributed by atoms with Gasteiger partial charge in [0.1, 0.15) is 0 Å². The third-order valence-corrected chi connectivity index (χ3v) is 0. The summed E-state index contributed by atoms with van der Waals surface area (Å²) in [4.78, 5) is 0. The van der Waals surface area contributed by atoms with Crippen LogP contribution in [0.1, 0.15) is 0 Å². The second-order valence-corrected chi connectivity index (χ2v) is 7.61. The van der Waals surface area contributed by atoms with Gasteiger partial charge in [0, 0.05) is 0 Å². The molecular weight excluding hydrogens is 1270 g/mol. The van der Waals surface area contributed by atoms with Gasteiger partial charge in [0.15, 0.2) is 0 Å². The fourth-order valence-corrected chi connectivity index (χ4v) is 0. The normalized spacial score (nSPS) is 8.00. The average Bonchev–Trinajstić information content (AvgIpc) is 2.08. The van der Waals surface area contributed by atoms with E-state index >= 15 is 0 Å². The van der Waals surface area contributed by atoms with Gasteiger partial charge >= 0.3 is 138 Å². The Morgan fingerprint density at radius 1 is 0.222 bits per heavy atom. The molecule has 156 valence electrons. The van der Waals surface area contributed by atoms with Crippen molar-refractivity contribution in [1.82, 2.24) is 0 Å². The molecule has 0 aromatic heterocycles. The monoisotopic (exact) mass is 1270 g/mol. The van der Waals surface area contributed by atoms with Crippen molar-refractivity contribution < 1.29 is 326 Å². The van der Waals surface area contributed by atoms with Gasteiger partial charge in [-0.05, 0) is 0 Å². The molecule has 0 heterocycles. The molecule has 0 aromatic rings. The first-order valence-corrected chi connectivity index (χ1v) is 18.6. The van der Waals surface area contributed by atoms with Gasteiger partial charge in [-0.15, -0.1) is 0 Å². The zero-order chi connectivity index (χ0) is 21.5. The van der Waals surface area contributed by atoms with Crippen LogP contribution in [0.4, 0.5) is 0 Å². The molecule has 0 unspecified atom stereocenters. The van der Waals surface area contributed by atoms with Crippen LogP contribution in [0.5, 0.6) is 0 Å². The quantitative estimate of drug-likeness (QED) is 0.161. The number of hydrogen-bond donors (Lipinski definition) is 0. The van der Waals surface area contributed by atoms with Gasteiger partial charge in [-0.2, -0.15) is 0 Å². The SMILES string of the molecule is [O-][I+2]([O-])[O-].[O-][I+2]([O-])[O-].[O-][I+2]([O-])[O-].[O-][I+2]([O-])[O-].[O-][I+2]([O-])[O-].[O-][I+2]([O-])[O-].[Rb+].[Rb+].[Ti+4]. The van der Waals surface area contributed by atoms with Crippen molar-refractivity contribution in [2.75, 3.05) is 0 Å². The van der Waals surface area contributed by atoms with E-state index < -0.39 is 126 Å². The van der Waals surface area contributed by atoms with Crippen molar-refractivity contribution in [2.24, 2.45) is 0 Å². The van der Waals surface area contributed by atoms with Gasteiger partial charge in [-0.1, -0.05) is 0 Å². The number of hydrogen-bond acceptors (Lipinski definition) is 18. The van der Waals surface area contributed by atoms with Gasteiger partial charge in [-0.3, -0.25) is 0 Å². The Balaban J connectivity index is -0.0000000201. The molecule has 0 aliphatic heterocycles. The van der Waals surface area contributed by atoms with Crippen molar-refractivity contribution in [1.29, 1.82) is 0 Å². The minimum Gasteiger partial charge on any atom is -0.427 e. The van der Waals surface area contributed by atoms with Gasteiger partial charge in [0.05, 0.1) is 0 Å². The average molecular weight is 1270 g/mol. The molecule has 0 saturated carbocycles.